The zero-order chi connectivity index (χ0) is 14.8. The Morgan fingerprint density at radius 3 is 2.71 bits per heavy atom. The molecule has 4 nitrogen and oxygen atoms in total. The second-order valence-electron chi connectivity index (χ2n) is 4.72. The molecule has 0 aliphatic heterocycles. The molecule has 0 amide bonds. The van der Waals surface area contributed by atoms with E-state index in [9.17, 15) is 15.0 Å². The highest BCUT2D eigenvalue weighted by molar-refractivity contribution is 6.08. The molecule has 0 fully saturated rings. The van der Waals surface area contributed by atoms with Gasteiger partial charge in [0.15, 0.2) is 5.78 Å². The highest BCUT2D eigenvalue weighted by Crippen LogP contribution is 2.23. The van der Waals surface area contributed by atoms with Gasteiger partial charge in [0.2, 0.25) is 0 Å². The summed E-state index contributed by atoms with van der Waals surface area (Å²) in [5, 5.41) is 19.9. The van der Waals surface area contributed by atoms with Crippen molar-refractivity contribution < 1.29 is 15.0 Å². The van der Waals surface area contributed by atoms with Crippen LogP contribution >= 0.6 is 0 Å². The maximum Gasteiger partial charge on any atom is 0.189 e. The zero-order valence-corrected chi connectivity index (χ0v) is 11.1. The number of hydrogen-bond donors (Lipinski definition) is 3. The Balaban J connectivity index is 1.85. The highest BCUT2D eigenvalue weighted by Gasteiger charge is 2.08. The molecular formula is C17H13NO3. The van der Waals surface area contributed by atoms with Crippen molar-refractivity contribution in [3.8, 4) is 11.5 Å². The number of allylic oxidation sites excluding steroid dienone is 1. The van der Waals surface area contributed by atoms with Crippen molar-refractivity contribution in [1.82, 2.24) is 4.98 Å². The van der Waals surface area contributed by atoms with Gasteiger partial charge < -0.3 is 15.2 Å². The van der Waals surface area contributed by atoms with Crippen LogP contribution in [0.5, 0.6) is 11.5 Å². The van der Waals surface area contributed by atoms with Crippen LogP contribution < -0.4 is 0 Å². The molecule has 21 heavy (non-hydrogen) atoms. The molecule has 1 heterocycles. The van der Waals surface area contributed by atoms with Gasteiger partial charge in [0.25, 0.3) is 0 Å². The molecule has 0 spiro atoms. The van der Waals surface area contributed by atoms with Crippen molar-refractivity contribution in [2.24, 2.45) is 0 Å². The lowest BCUT2D eigenvalue weighted by atomic mass is 10.1. The lowest BCUT2D eigenvalue weighted by Gasteiger charge is -2.01. The van der Waals surface area contributed by atoms with Gasteiger partial charge in [-0.1, -0.05) is 12.1 Å². The van der Waals surface area contributed by atoms with E-state index in [1.54, 1.807) is 6.08 Å². The van der Waals surface area contributed by atoms with E-state index in [-0.39, 0.29) is 22.8 Å². The number of benzene rings is 2. The number of carbonyl (C=O) groups excluding carboxylic acids is 1. The lowest BCUT2D eigenvalue weighted by Crippen LogP contribution is -1.94. The Bertz CT molecular complexity index is 846. The van der Waals surface area contributed by atoms with Gasteiger partial charge in [-0.3, -0.25) is 4.79 Å². The number of rotatable bonds is 3. The van der Waals surface area contributed by atoms with Crippen LogP contribution in [0.25, 0.3) is 17.0 Å². The summed E-state index contributed by atoms with van der Waals surface area (Å²) < 4.78 is 0. The number of hydrogen-bond acceptors (Lipinski definition) is 3. The van der Waals surface area contributed by atoms with E-state index in [1.807, 2.05) is 30.5 Å². The molecule has 3 aromatic rings. The van der Waals surface area contributed by atoms with Crippen molar-refractivity contribution >= 4 is 22.8 Å². The molecular weight excluding hydrogens is 266 g/mol. The fourth-order valence-electron chi connectivity index (χ4n) is 2.17. The minimum absolute atomic E-state index is 0.0778. The highest BCUT2D eigenvalue weighted by atomic mass is 16.3. The van der Waals surface area contributed by atoms with Gasteiger partial charge in [-0.05, 0) is 47.4 Å². The van der Waals surface area contributed by atoms with Crippen LogP contribution in [0, 0.1) is 0 Å². The van der Waals surface area contributed by atoms with Crippen molar-refractivity contribution in [2.45, 2.75) is 0 Å². The zero-order valence-electron chi connectivity index (χ0n) is 11.1. The monoisotopic (exact) mass is 279 g/mol. The van der Waals surface area contributed by atoms with E-state index in [1.165, 1.54) is 18.2 Å². The Kier molecular flexibility index (Phi) is 3.20. The second kappa shape index (κ2) is 5.17. The number of phenols is 2. The molecule has 3 N–H and O–H groups in total. The molecule has 0 saturated heterocycles. The normalized spacial score (nSPS) is 11.2. The third-order valence-corrected chi connectivity index (χ3v) is 3.25. The van der Waals surface area contributed by atoms with Crippen LogP contribution in [0.3, 0.4) is 0 Å². The summed E-state index contributed by atoms with van der Waals surface area (Å²) in [6.07, 6.45) is 4.96. The number of aromatic hydroxyl groups is 2. The van der Waals surface area contributed by atoms with Gasteiger partial charge in [0.05, 0.1) is 5.56 Å². The summed E-state index contributed by atoms with van der Waals surface area (Å²) in [6, 6.07) is 11.7. The fourth-order valence-corrected chi connectivity index (χ4v) is 2.17. The molecule has 0 aliphatic carbocycles. The first-order chi connectivity index (χ1) is 10.1. The molecule has 0 atom stereocenters. The van der Waals surface area contributed by atoms with Gasteiger partial charge in [0.1, 0.15) is 11.5 Å². The maximum absolute atomic E-state index is 12.0. The Morgan fingerprint density at radius 1 is 1.05 bits per heavy atom. The largest absolute Gasteiger partial charge is 0.508 e. The van der Waals surface area contributed by atoms with Crippen LogP contribution in [-0.2, 0) is 0 Å². The number of H-pyrrole nitrogens is 1. The van der Waals surface area contributed by atoms with Gasteiger partial charge >= 0.3 is 0 Å². The molecule has 4 heteroatoms. The van der Waals surface area contributed by atoms with Crippen LogP contribution in [-0.4, -0.2) is 21.0 Å². The van der Waals surface area contributed by atoms with Gasteiger partial charge in [-0.15, -0.1) is 0 Å². The number of ketones is 1. The van der Waals surface area contributed by atoms with E-state index >= 15 is 0 Å². The predicted octanol–water partition coefficient (Wildman–Crippen LogP) is 3.48. The Morgan fingerprint density at radius 2 is 1.90 bits per heavy atom. The third kappa shape index (κ3) is 2.65. The van der Waals surface area contributed by atoms with E-state index < -0.39 is 0 Å². The van der Waals surface area contributed by atoms with Crippen molar-refractivity contribution in [1.29, 1.82) is 0 Å². The average molecular weight is 279 g/mol. The van der Waals surface area contributed by atoms with Crippen LogP contribution in [0.2, 0.25) is 0 Å². The van der Waals surface area contributed by atoms with Crippen LogP contribution in [0.15, 0.2) is 54.7 Å². The van der Waals surface area contributed by atoms with E-state index in [0.717, 1.165) is 22.5 Å². The molecule has 0 unspecified atom stereocenters. The summed E-state index contributed by atoms with van der Waals surface area (Å²) in [6.45, 7) is 0. The number of aromatic amines is 1. The number of nitrogens with one attached hydrogen (secondary N) is 1. The minimum atomic E-state index is -0.318. The molecule has 0 aliphatic rings. The average Bonchev–Trinajstić information content (AvgIpc) is 2.92. The number of aromatic nitrogens is 1. The third-order valence-electron chi connectivity index (χ3n) is 3.25. The smallest absolute Gasteiger partial charge is 0.189 e. The summed E-state index contributed by atoms with van der Waals surface area (Å²) in [4.78, 5) is 15.1. The molecule has 0 saturated carbocycles. The van der Waals surface area contributed by atoms with Gasteiger partial charge in [-0.2, -0.15) is 0 Å². The molecule has 3 rings (SSSR count). The first-order valence-electron chi connectivity index (χ1n) is 6.45. The van der Waals surface area contributed by atoms with Crippen LogP contribution in [0.4, 0.5) is 0 Å². The SMILES string of the molecule is O=C(/C=C/c1ccc2[nH]ccc2c1)c1ccc(O)cc1O. The van der Waals surface area contributed by atoms with Crippen molar-refractivity contribution in [2.75, 3.05) is 0 Å². The minimum Gasteiger partial charge on any atom is -0.508 e. The van der Waals surface area contributed by atoms with Crippen molar-refractivity contribution in [3.63, 3.8) is 0 Å². The molecule has 2 aromatic carbocycles. The molecule has 104 valence electrons. The number of phenolic OH excluding ortho intramolecular Hbond substituents is 2. The number of fused-ring (bicyclic) bond motifs is 1. The molecule has 0 radical (unpaired) electrons. The molecule has 0 bridgehead atoms. The first kappa shape index (κ1) is 13.0. The summed E-state index contributed by atoms with van der Waals surface area (Å²) in [5.74, 6) is -0.627. The Labute approximate surface area is 121 Å². The van der Waals surface area contributed by atoms with E-state index in [0.29, 0.717) is 0 Å². The maximum atomic E-state index is 12.0. The van der Waals surface area contributed by atoms with Crippen molar-refractivity contribution in [3.05, 3.63) is 65.9 Å². The molecule has 1 aromatic heterocycles. The second-order valence-corrected chi connectivity index (χ2v) is 4.72. The topological polar surface area (TPSA) is 73.3 Å². The fraction of sp³-hybridized carbons (Fsp3) is 0. The van der Waals surface area contributed by atoms with Gasteiger partial charge in [-0.25, -0.2) is 0 Å². The van der Waals surface area contributed by atoms with Crippen LogP contribution in [0.1, 0.15) is 15.9 Å². The number of carbonyl (C=O) groups is 1. The quantitative estimate of drug-likeness (QED) is 0.507. The summed E-state index contributed by atoms with van der Waals surface area (Å²) in [5.41, 5.74) is 2.09. The van der Waals surface area contributed by atoms with E-state index in [2.05, 4.69) is 4.98 Å². The summed E-state index contributed by atoms with van der Waals surface area (Å²) in [7, 11) is 0. The standard InChI is InChI=1S/C17H13NO3/c19-13-3-4-14(17(21)10-13)16(20)6-2-11-1-5-15-12(9-11)7-8-18-15/h1-10,18-19,21H/b6-2+. The van der Waals surface area contributed by atoms with Gasteiger partial charge in [0, 0.05) is 17.8 Å². The first-order valence-corrected chi connectivity index (χ1v) is 6.45. The predicted molar refractivity (Wildman–Crippen MR) is 81.4 cm³/mol. The van der Waals surface area contributed by atoms with E-state index in [4.69, 9.17) is 0 Å². The Hall–Kier alpha value is -3.01. The lowest BCUT2D eigenvalue weighted by molar-refractivity contribution is 0.104. The summed E-state index contributed by atoms with van der Waals surface area (Å²) >= 11 is 0.